The predicted octanol–water partition coefficient (Wildman–Crippen LogP) is 0.893. The van der Waals surface area contributed by atoms with Gasteiger partial charge in [-0.2, -0.15) is 0 Å². The van der Waals surface area contributed by atoms with E-state index in [4.69, 9.17) is 9.47 Å². The topological polar surface area (TPSA) is 108 Å². The third-order valence-corrected chi connectivity index (χ3v) is 8.00. The number of amides is 4. The number of hydrogen-bond acceptors (Lipinski definition) is 7. The molecular formula is C27H28N4O6. The Kier molecular flexibility index (Phi) is 5.54. The van der Waals surface area contributed by atoms with Crippen molar-refractivity contribution < 1.29 is 28.7 Å². The predicted molar refractivity (Wildman–Crippen MR) is 133 cm³/mol. The Morgan fingerprint density at radius 2 is 1.76 bits per heavy atom. The van der Waals surface area contributed by atoms with Crippen LogP contribution in [-0.2, 0) is 29.5 Å². The van der Waals surface area contributed by atoms with Gasteiger partial charge in [-0.25, -0.2) is 4.90 Å². The summed E-state index contributed by atoms with van der Waals surface area (Å²) >= 11 is 0. The standard InChI is InChI=1S/C27H28N4O6/c1-16-22-23(25(34)31(24(22)33)17-7-9-18(36-2)10-8-17)27(28-16)19-5-3-4-6-20(19)30(26(27)35)15-21(32)29-11-13-37-14-12-29/h3-10,16,22-23,28H,11-15H2,1-2H3/t16-,22-,23-,27-/m0/s1. The molecule has 0 bridgehead atoms. The summed E-state index contributed by atoms with van der Waals surface area (Å²) in [7, 11) is 1.54. The van der Waals surface area contributed by atoms with Crippen LogP contribution in [0.3, 0.4) is 0 Å². The van der Waals surface area contributed by atoms with Gasteiger partial charge in [0.1, 0.15) is 17.8 Å². The zero-order chi connectivity index (χ0) is 25.9. The lowest BCUT2D eigenvalue weighted by Gasteiger charge is -2.31. The first-order valence-corrected chi connectivity index (χ1v) is 12.4. The van der Waals surface area contributed by atoms with Gasteiger partial charge in [-0.15, -0.1) is 0 Å². The number of para-hydroxylation sites is 1. The molecule has 4 amide bonds. The molecule has 192 valence electrons. The number of imide groups is 1. The van der Waals surface area contributed by atoms with Gasteiger partial charge in [0.05, 0.1) is 37.8 Å². The van der Waals surface area contributed by atoms with Gasteiger partial charge in [-0.3, -0.25) is 24.5 Å². The molecule has 0 unspecified atom stereocenters. The van der Waals surface area contributed by atoms with Gasteiger partial charge in [-0.05, 0) is 37.3 Å². The largest absolute Gasteiger partial charge is 0.497 e. The molecule has 0 aliphatic carbocycles. The minimum Gasteiger partial charge on any atom is -0.497 e. The van der Waals surface area contributed by atoms with Crippen LogP contribution in [0.2, 0.25) is 0 Å². The number of anilines is 2. The van der Waals surface area contributed by atoms with E-state index in [0.717, 1.165) is 0 Å². The molecule has 0 aromatic heterocycles. The average Bonchev–Trinajstić information content (AvgIpc) is 3.47. The quantitative estimate of drug-likeness (QED) is 0.616. The van der Waals surface area contributed by atoms with Gasteiger partial charge in [-0.1, -0.05) is 18.2 Å². The molecule has 4 aliphatic heterocycles. The SMILES string of the molecule is COc1ccc(N2C(=O)[C@H]3[C@H](C)N[C@]4(C(=O)N(CC(=O)N5CCOCC5)c5ccccc54)[C@@H]3C2=O)cc1. The second-order valence-corrected chi connectivity index (χ2v) is 9.86. The highest BCUT2D eigenvalue weighted by molar-refractivity contribution is 6.26. The van der Waals surface area contributed by atoms with Crippen LogP contribution in [0.4, 0.5) is 11.4 Å². The number of methoxy groups -OCH3 is 1. The number of hydrogen-bond donors (Lipinski definition) is 1. The van der Waals surface area contributed by atoms with E-state index in [1.807, 2.05) is 19.1 Å². The molecule has 3 saturated heterocycles. The number of nitrogens with one attached hydrogen (secondary N) is 1. The molecule has 10 heteroatoms. The molecule has 4 heterocycles. The summed E-state index contributed by atoms with van der Waals surface area (Å²) in [5, 5.41) is 3.35. The molecule has 4 atom stereocenters. The first-order chi connectivity index (χ1) is 17.9. The van der Waals surface area contributed by atoms with Crippen LogP contribution in [0.1, 0.15) is 12.5 Å². The molecule has 6 rings (SSSR count). The van der Waals surface area contributed by atoms with E-state index in [-0.39, 0.29) is 24.3 Å². The lowest BCUT2D eigenvalue weighted by molar-refractivity contribution is -0.136. The van der Waals surface area contributed by atoms with E-state index >= 15 is 0 Å². The van der Waals surface area contributed by atoms with Crippen LogP contribution in [-0.4, -0.2) is 74.5 Å². The normalized spacial score (nSPS) is 28.8. The molecular weight excluding hydrogens is 476 g/mol. The Bertz CT molecular complexity index is 1290. The summed E-state index contributed by atoms with van der Waals surface area (Å²) in [4.78, 5) is 59.3. The minimum atomic E-state index is -1.43. The van der Waals surface area contributed by atoms with Crippen molar-refractivity contribution in [2.75, 3.05) is 49.8 Å². The van der Waals surface area contributed by atoms with Gasteiger partial charge in [0.15, 0.2) is 0 Å². The van der Waals surface area contributed by atoms with Crippen molar-refractivity contribution in [1.82, 2.24) is 10.2 Å². The Labute approximate surface area is 214 Å². The molecule has 0 radical (unpaired) electrons. The van der Waals surface area contributed by atoms with Crippen LogP contribution in [0.15, 0.2) is 48.5 Å². The lowest BCUT2D eigenvalue weighted by Crippen LogP contribution is -2.56. The van der Waals surface area contributed by atoms with Crippen LogP contribution >= 0.6 is 0 Å². The number of rotatable bonds is 4. The second kappa shape index (κ2) is 8.67. The van der Waals surface area contributed by atoms with Crippen molar-refractivity contribution in [3.63, 3.8) is 0 Å². The Morgan fingerprint density at radius 1 is 1.05 bits per heavy atom. The van der Waals surface area contributed by atoms with Gasteiger partial charge in [0.25, 0.3) is 5.91 Å². The number of benzene rings is 2. The molecule has 2 aromatic carbocycles. The van der Waals surface area contributed by atoms with E-state index in [9.17, 15) is 19.2 Å². The van der Waals surface area contributed by atoms with Crippen molar-refractivity contribution in [2.24, 2.45) is 11.8 Å². The smallest absolute Gasteiger partial charge is 0.253 e. The highest BCUT2D eigenvalue weighted by Crippen LogP contribution is 2.55. The highest BCUT2D eigenvalue weighted by Gasteiger charge is 2.71. The average molecular weight is 505 g/mol. The third-order valence-electron chi connectivity index (χ3n) is 8.00. The summed E-state index contributed by atoms with van der Waals surface area (Å²) < 4.78 is 10.6. The van der Waals surface area contributed by atoms with Crippen LogP contribution in [0.5, 0.6) is 5.75 Å². The number of carbonyl (C=O) groups is 4. The Morgan fingerprint density at radius 3 is 2.46 bits per heavy atom. The van der Waals surface area contributed by atoms with Crippen molar-refractivity contribution in [2.45, 2.75) is 18.5 Å². The van der Waals surface area contributed by atoms with Crippen LogP contribution < -0.4 is 19.9 Å². The fraction of sp³-hybridized carbons (Fsp3) is 0.407. The summed E-state index contributed by atoms with van der Waals surface area (Å²) in [6.45, 7) is 3.54. The molecule has 10 nitrogen and oxygen atoms in total. The maximum Gasteiger partial charge on any atom is 0.253 e. The maximum absolute atomic E-state index is 14.2. The van der Waals surface area contributed by atoms with Gasteiger partial charge < -0.3 is 19.3 Å². The van der Waals surface area contributed by atoms with Gasteiger partial charge in [0.2, 0.25) is 17.7 Å². The first-order valence-electron chi connectivity index (χ1n) is 12.4. The first kappa shape index (κ1) is 23.6. The molecule has 2 aromatic rings. The Balaban J connectivity index is 1.38. The van der Waals surface area contributed by atoms with Crippen LogP contribution in [0, 0.1) is 11.8 Å². The maximum atomic E-state index is 14.2. The molecule has 3 fully saturated rings. The number of morpholine rings is 1. The number of ether oxygens (including phenoxy) is 2. The molecule has 0 saturated carbocycles. The summed E-state index contributed by atoms with van der Waals surface area (Å²) in [6.07, 6.45) is 0. The highest BCUT2D eigenvalue weighted by atomic mass is 16.5. The van der Waals surface area contributed by atoms with E-state index in [0.29, 0.717) is 49.0 Å². The summed E-state index contributed by atoms with van der Waals surface area (Å²) in [6, 6.07) is 13.5. The third kappa shape index (κ3) is 3.32. The van der Waals surface area contributed by atoms with Crippen molar-refractivity contribution in [3.8, 4) is 5.75 Å². The van der Waals surface area contributed by atoms with E-state index in [1.54, 1.807) is 48.4 Å². The molecule has 4 aliphatic rings. The number of fused-ring (bicyclic) bond motifs is 4. The Hall–Kier alpha value is -3.76. The van der Waals surface area contributed by atoms with E-state index < -0.39 is 29.3 Å². The fourth-order valence-electron chi connectivity index (χ4n) is 6.30. The zero-order valence-electron chi connectivity index (χ0n) is 20.7. The van der Waals surface area contributed by atoms with Crippen molar-refractivity contribution in [1.29, 1.82) is 0 Å². The van der Waals surface area contributed by atoms with E-state index in [1.165, 1.54) is 9.80 Å². The van der Waals surface area contributed by atoms with Gasteiger partial charge >= 0.3 is 0 Å². The molecule has 37 heavy (non-hydrogen) atoms. The number of nitrogens with zero attached hydrogens (tertiary/aromatic N) is 3. The second-order valence-electron chi connectivity index (χ2n) is 9.86. The summed E-state index contributed by atoms with van der Waals surface area (Å²) in [5.41, 5.74) is 0.204. The summed E-state index contributed by atoms with van der Waals surface area (Å²) in [5.74, 6) is -2.38. The van der Waals surface area contributed by atoms with Crippen LogP contribution in [0.25, 0.3) is 0 Å². The molecule has 1 N–H and O–H groups in total. The van der Waals surface area contributed by atoms with Crippen molar-refractivity contribution in [3.05, 3.63) is 54.1 Å². The monoisotopic (exact) mass is 504 g/mol. The molecule has 1 spiro atoms. The lowest BCUT2D eigenvalue weighted by atomic mass is 9.76. The van der Waals surface area contributed by atoms with E-state index in [2.05, 4.69) is 5.32 Å². The zero-order valence-corrected chi connectivity index (χ0v) is 20.7. The fourth-order valence-corrected chi connectivity index (χ4v) is 6.30. The van der Waals surface area contributed by atoms with Crippen molar-refractivity contribution >= 4 is 35.0 Å². The van der Waals surface area contributed by atoms with Gasteiger partial charge in [0, 0.05) is 30.4 Å². The number of carbonyl (C=O) groups excluding carboxylic acids is 4. The minimum absolute atomic E-state index is 0.143.